The molecule has 0 amide bonds. The number of nitrogens with zero attached hydrogens (tertiary/aromatic N) is 1. The Morgan fingerprint density at radius 2 is 1.56 bits per heavy atom. The molecule has 0 unspecified atom stereocenters. The number of phenols is 1. The van der Waals surface area contributed by atoms with E-state index in [4.69, 9.17) is 0 Å². The van der Waals surface area contributed by atoms with Crippen molar-refractivity contribution in [3.63, 3.8) is 0 Å². The maximum Gasteiger partial charge on any atom is 0.391 e. The van der Waals surface area contributed by atoms with Crippen LogP contribution in [0.2, 0.25) is 0 Å². The van der Waals surface area contributed by atoms with Crippen molar-refractivity contribution in [2.24, 2.45) is 0 Å². The van der Waals surface area contributed by atoms with Crippen LogP contribution in [0.1, 0.15) is 71.6 Å². The fourth-order valence-corrected chi connectivity index (χ4v) is 4.53. The van der Waals surface area contributed by atoms with Gasteiger partial charge in [0, 0.05) is 11.1 Å². The lowest BCUT2D eigenvalue weighted by atomic mass is 9.78. The van der Waals surface area contributed by atoms with Crippen molar-refractivity contribution >= 4 is 22.3 Å². The minimum atomic E-state index is -3.41. The van der Waals surface area contributed by atoms with Gasteiger partial charge in [-0.2, -0.15) is 8.42 Å². The van der Waals surface area contributed by atoms with Gasteiger partial charge in [-0.05, 0) is 41.5 Å². The zero-order valence-electron chi connectivity index (χ0n) is 16.3. The summed E-state index contributed by atoms with van der Waals surface area (Å²) in [7, 11) is -3.41. The Labute approximate surface area is 152 Å². The molecular formula is C20H30NO3S+. The first-order chi connectivity index (χ1) is 11.3. The smallest absolute Gasteiger partial charge is 0.391 e. The molecule has 4 nitrogen and oxygen atoms in total. The molecule has 0 saturated heterocycles. The van der Waals surface area contributed by atoms with Crippen LogP contribution in [0.3, 0.4) is 0 Å². The largest absolute Gasteiger partial charge is 0.507 e. The van der Waals surface area contributed by atoms with Gasteiger partial charge in [0.2, 0.25) is 0 Å². The molecule has 1 aromatic carbocycles. The molecule has 0 bridgehead atoms. The molecule has 0 aliphatic carbocycles. The first kappa shape index (κ1) is 19.7. The lowest BCUT2D eigenvalue weighted by Crippen LogP contribution is -2.18. The number of rotatable bonds is 2. The third-order valence-corrected chi connectivity index (χ3v) is 6.50. The van der Waals surface area contributed by atoms with Crippen LogP contribution < -0.4 is 0 Å². The van der Waals surface area contributed by atoms with Crippen molar-refractivity contribution in [3.8, 4) is 5.75 Å². The molecule has 1 N–H and O–H groups in total. The summed E-state index contributed by atoms with van der Waals surface area (Å²) in [6, 6.07) is 3.81. The lowest BCUT2D eigenvalue weighted by molar-refractivity contribution is -0.351. The molecule has 1 aromatic rings. The van der Waals surface area contributed by atoms with Crippen molar-refractivity contribution in [2.75, 3.05) is 6.54 Å². The molecule has 138 valence electrons. The summed E-state index contributed by atoms with van der Waals surface area (Å²) in [6.45, 7) is 14.5. The number of hydrogen-bond acceptors (Lipinski definition) is 3. The van der Waals surface area contributed by atoms with Crippen molar-refractivity contribution in [2.45, 2.75) is 65.7 Å². The van der Waals surface area contributed by atoms with E-state index in [9.17, 15) is 13.5 Å². The highest BCUT2D eigenvalue weighted by Crippen LogP contribution is 2.40. The van der Waals surface area contributed by atoms with E-state index in [0.29, 0.717) is 23.6 Å². The van der Waals surface area contributed by atoms with Gasteiger partial charge in [-0.3, -0.25) is 0 Å². The molecule has 25 heavy (non-hydrogen) atoms. The quantitative estimate of drug-likeness (QED) is 0.802. The average Bonchev–Trinajstić information content (AvgIpc) is 2.72. The van der Waals surface area contributed by atoms with E-state index >= 15 is 0 Å². The highest BCUT2D eigenvalue weighted by atomic mass is 32.2. The maximum atomic E-state index is 12.5. The Morgan fingerprint density at radius 3 is 1.92 bits per heavy atom. The predicted molar refractivity (Wildman–Crippen MR) is 104 cm³/mol. The van der Waals surface area contributed by atoms with Crippen molar-refractivity contribution in [3.05, 3.63) is 33.7 Å². The van der Waals surface area contributed by atoms with Crippen LogP contribution in [-0.4, -0.2) is 30.3 Å². The van der Waals surface area contributed by atoms with E-state index in [0.717, 1.165) is 16.7 Å². The number of hydrogen-bond donors (Lipinski definition) is 1. The van der Waals surface area contributed by atoms with Crippen LogP contribution in [0.15, 0.2) is 17.0 Å². The highest BCUT2D eigenvalue weighted by Gasteiger charge is 2.35. The van der Waals surface area contributed by atoms with Crippen LogP contribution in [0.4, 0.5) is 0 Å². The van der Waals surface area contributed by atoms with Gasteiger partial charge >= 0.3 is 10.0 Å². The zero-order chi connectivity index (χ0) is 19.2. The normalized spacial score (nSPS) is 19.3. The van der Waals surface area contributed by atoms with Gasteiger partial charge in [-0.15, -0.1) is 3.98 Å². The van der Waals surface area contributed by atoms with Gasteiger partial charge in [-0.1, -0.05) is 41.5 Å². The molecule has 5 heteroatoms. The molecule has 0 atom stereocenters. The lowest BCUT2D eigenvalue weighted by Gasteiger charge is -2.28. The number of aromatic hydroxyl groups is 1. The topological polar surface area (TPSA) is 57.4 Å². The maximum absolute atomic E-state index is 12.5. The van der Waals surface area contributed by atoms with Crippen molar-refractivity contribution in [1.29, 1.82) is 0 Å². The summed E-state index contributed by atoms with van der Waals surface area (Å²) in [4.78, 5) is 0.403. The fraction of sp³-hybridized carbons (Fsp3) is 0.550. The van der Waals surface area contributed by atoms with Crippen LogP contribution in [-0.2, 0) is 20.9 Å². The van der Waals surface area contributed by atoms with Crippen LogP contribution in [0, 0.1) is 0 Å². The standard InChI is InChI=1S/C20H29NO3S/c1-8-21-10-9-15(25(21,23)24)11-14-12-16(19(2,3)4)18(22)17(13-14)20(5,6)7/h10-13H,8-9H2,1-7H3/p+1. The Kier molecular flexibility index (Phi) is 4.94. The number of benzene rings is 1. The fourth-order valence-electron chi connectivity index (χ4n) is 3.05. The Hall–Kier alpha value is -1.62. The Morgan fingerprint density at radius 1 is 1.08 bits per heavy atom. The molecule has 1 aliphatic heterocycles. The first-order valence-electron chi connectivity index (χ1n) is 8.72. The van der Waals surface area contributed by atoms with E-state index in [1.165, 1.54) is 3.98 Å². The van der Waals surface area contributed by atoms with Crippen LogP contribution >= 0.6 is 0 Å². The molecule has 0 saturated carbocycles. The van der Waals surface area contributed by atoms with Crippen LogP contribution in [0.5, 0.6) is 5.75 Å². The second-order valence-electron chi connectivity index (χ2n) is 8.67. The Balaban J connectivity index is 2.67. The zero-order valence-corrected chi connectivity index (χ0v) is 17.2. The number of phenolic OH excluding ortho intramolecular Hbond substituents is 1. The minimum Gasteiger partial charge on any atom is -0.507 e. The van der Waals surface area contributed by atoms with Crippen LogP contribution in [0.25, 0.3) is 6.08 Å². The number of sulfonamides is 1. The predicted octanol–water partition coefficient (Wildman–Crippen LogP) is 4.16. The van der Waals surface area contributed by atoms with E-state index in [2.05, 4.69) is 0 Å². The van der Waals surface area contributed by atoms with Gasteiger partial charge in [0.1, 0.15) is 10.7 Å². The molecule has 0 fully saturated rings. The summed E-state index contributed by atoms with van der Waals surface area (Å²) in [5, 5.41) is 10.8. The van der Waals surface area contributed by atoms with Gasteiger partial charge in [-0.25, -0.2) is 0 Å². The van der Waals surface area contributed by atoms with Gasteiger partial charge in [0.15, 0.2) is 12.8 Å². The van der Waals surface area contributed by atoms with Crippen molar-refractivity contribution < 1.29 is 17.5 Å². The second kappa shape index (κ2) is 6.27. The summed E-state index contributed by atoms with van der Waals surface area (Å²) in [5.41, 5.74) is 2.00. The Bertz CT molecular complexity index is 813. The third kappa shape index (κ3) is 3.81. The molecule has 1 heterocycles. The summed E-state index contributed by atoms with van der Waals surface area (Å²) in [6.07, 6.45) is 3.87. The minimum absolute atomic E-state index is 0.241. The third-order valence-electron chi connectivity index (χ3n) is 4.52. The highest BCUT2D eigenvalue weighted by molar-refractivity contribution is 7.90. The van der Waals surface area contributed by atoms with Gasteiger partial charge in [0.05, 0.1) is 6.42 Å². The molecule has 2 rings (SSSR count). The first-order valence-corrected chi connectivity index (χ1v) is 10.2. The summed E-state index contributed by atoms with van der Waals surface area (Å²) < 4.78 is 26.5. The molecule has 0 aromatic heterocycles. The average molecular weight is 365 g/mol. The number of allylic oxidation sites excluding steroid dienone is 1. The molecule has 0 spiro atoms. The van der Waals surface area contributed by atoms with Crippen molar-refractivity contribution in [1.82, 2.24) is 0 Å². The van der Waals surface area contributed by atoms with Gasteiger partial charge in [0.25, 0.3) is 0 Å². The second-order valence-corrected chi connectivity index (χ2v) is 10.6. The van der Waals surface area contributed by atoms with Gasteiger partial charge < -0.3 is 5.11 Å². The van der Waals surface area contributed by atoms with E-state index in [1.807, 2.05) is 60.6 Å². The molecule has 0 radical (unpaired) electrons. The SMILES string of the molecule is CC[N+]1=CCC(=Cc2cc(C(C)(C)C)c(O)c(C(C)(C)C)c2)S1(=O)=O. The monoisotopic (exact) mass is 364 g/mol. The molecular weight excluding hydrogens is 334 g/mol. The van der Waals surface area contributed by atoms with E-state index < -0.39 is 10.0 Å². The van der Waals surface area contributed by atoms with E-state index in [-0.39, 0.29) is 10.8 Å². The molecule has 1 aliphatic rings. The van der Waals surface area contributed by atoms with E-state index in [1.54, 1.807) is 12.3 Å². The summed E-state index contributed by atoms with van der Waals surface area (Å²) >= 11 is 0. The summed E-state index contributed by atoms with van der Waals surface area (Å²) in [5.74, 6) is 0.304.